The Hall–Kier alpha value is -2.90. The van der Waals surface area contributed by atoms with Gasteiger partial charge in [-0.05, 0) is 18.6 Å². The summed E-state index contributed by atoms with van der Waals surface area (Å²) in [5.74, 6) is -2.33. The van der Waals surface area contributed by atoms with Crippen molar-refractivity contribution in [2.45, 2.75) is 6.92 Å². The Labute approximate surface area is 119 Å². The molecular weight excluding hydrogens is 278 g/mol. The highest BCUT2D eigenvalue weighted by Gasteiger charge is 2.27. The number of carboxylic acid groups (broad SMARTS) is 1. The van der Waals surface area contributed by atoms with Crippen molar-refractivity contribution in [3.8, 4) is 0 Å². The summed E-state index contributed by atoms with van der Waals surface area (Å²) in [7, 11) is 0. The van der Waals surface area contributed by atoms with Crippen molar-refractivity contribution in [1.29, 1.82) is 0 Å². The number of nitrogens with one attached hydrogen (secondary N) is 2. The number of carbonyl (C=O) groups is 4. The molecule has 2 rings (SSSR count). The Morgan fingerprint density at radius 2 is 1.86 bits per heavy atom. The van der Waals surface area contributed by atoms with E-state index < -0.39 is 23.8 Å². The minimum Gasteiger partial charge on any atom is -0.478 e. The molecule has 1 heterocycles. The molecule has 1 aromatic carbocycles. The third-order valence-electron chi connectivity index (χ3n) is 2.96. The van der Waals surface area contributed by atoms with Crippen LogP contribution in [0.5, 0.6) is 0 Å². The van der Waals surface area contributed by atoms with Crippen molar-refractivity contribution in [2.24, 2.45) is 0 Å². The number of carbonyl (C=O) groups excluding carboxylic acids is 3. The Bertz CT molecular complexity index is 625. The van der Waals surface area contributed by atoms with Crippen LogP contribution in [0.25, 0.3) is 0 Å². The molecule has 0 saturated carbocycles. The Morgan fingerprint density at radius 1 is 1.24 bits per heavy atom. The lowest BCUT2D eigenvalue weighted by Crippen LogP contribution is -2.54. The van der Waals surface area contributed by atoms with Crippen LogP contribution >= 0.6 is 0 Å². The van der Waals surface area contributed by atoms with E-state index in [2.05, 4.69) is 10.6 Å². The second-order valence-electron chi connectivity index (χ2n) is 4.56. The van der Waals surface area contributed by atoms with Crippen LogP contribution in [0.3, 0.4) is 0 Å². The van der Waals surface area contributed by atoms with Crippen molar-refractivity contribution < 1.29 is 24.3 Å². The average Bonchev–Trinajstić information content (AvgIpc) is 2.37. The summed E-state index contributed by atoms with van der Waals surface area (Å²) in [6.45, 7) is 1.09. The number of imide groups is 1. The number of hydrogen-bond acceptors (Lipinski definition) is 4. The number of piperazine rings is 1. The highest BCUT2D eigenvalue weighted by molar-refractivity contribution is 6.06. The molecule has 0 bridgehead atoms. The average molecular weight is 291 g/mol. The van der Waals surface area contributed by atoms with Gasteiger partial charge in [-0.3, -0.25) is 14.9 Å². The van der Waals surface area contributed by atoms with Crippen molar-refractivity contribution in [2.75, 3.05) is 18.4 Å². The van der Waals surface area contributed by atoms with E-state index in [0.717, 1.165) is 4.90 Å². The van der Waals surface area contributed by atoms with Crippen LogP contribution in [0.15, 0.2) is 18.2 Å². The van der Waals surface area contributed by atoms with E-state index in [9.17, 15) is 24.3 Å². The van der Waals surface area contributed by atoms with Gasteiger partial charge in [-0.25, -0.2) is 9.59 Å². The number of aryl methyl sites for hydroxylation is 1. The Kier molecular flexibility index (Phi) is 3.88. The smallest absolute Gasteiger partial charge is 0.338 e. The number of nitrogens with zero attached hydrogens (tertiary/aromatic N) is 1. The fourth-order valence-corrected chi connectivity index (χ4v) is 2.03. The topological polar surface area (TPSA) is 116 Å². The molecule has 0 unspecified atom stereocenters. The first-order valence-electron chi connectivity index (χ1n) is 6.10. The number of urea groups is 1. The van der Waals surface area contributed by atoms with E-state index in [1.165, 1.54) is 6.07 Å². The number of carboxylic acids is 1. The van der Waals surface area contributed by atoms with E-state index in [0.29, 0.717) is 5.56 Å². The maximum Gasteiger partial charge on any atom is 0.338 e. The van der Waals surface area contributed by atoms with Gasteiger partial charge in [0.15, 0.2) is 0 Å². The van der Waals surface area contributed by atoms with Crippen LogP contribution in [0.1, 0.15) is 15.9 Å². The maximum absolute atomic E-state index is 12.0. The highest BCUT2D eigenvalue weighted by atomic mass is 16.4. The minimum absolute atomic E-state index is 0.0290. The molecule has 1 aliphatic rings. The van der Waals surface area contributed by atoms with Crippen molar-refractivity contribution in [3.05, 3.63) is 29.3 Å². The number of anilines is 1. The van der Waals surface area contributed by atoms with Gasteiger partial charge in [0.25, 0.3) is 0 Å². The standard InChI is InChI=1S/C13H13N3O5/c1-7-3-2-4-8(11(7)12(19)20)14-13(21)16-5-9(17)15-10(18)6-16/h2-4H,5-6H2,1H3,(H,14,21)(H,19,20)(H,15,17,18). The van der Waals surface area contributed by atoms with Gasteiger partial charge in [-0.2, -0.15) is 0 Å². The summed E-state index contributed by atoms with van der Waals surface area (Å²) in [4.78, 5) is 46.7. The molecule has 4 amide bonds. The summed E-state index contributed by atoms with van der Waals surface area (Å²) in [5.41, 5.74) is 0.581. The molecule has 1 fully saturated rings. The lowest BCUT2D eigenvalue weighted by molar-refractivity contribution is -0.134. The van der Waals surface area contributed by atoms with Crippen molar-refractivity contribution >= 4 is 29.5 Å². The Morgan fingerprint density at radius 3 is 2.43 bits per heavy atom. The van der Waals surface area contributed by atoms with Gasteiger partial charge in [-0.1, -0.05) is 12.1 Å². The SMILES string of the molecule is Cc1cccc(NC(=O)N2CC(=O)NC(=O)C2)c1C(=O)O. The molecule has 1 saturated heterocycles. The van der Waals surface area contributed by atoms with Crippen LogP contribution < -0.4 is 10.6 Å². The van der Waals surface area contributed by atoms with Gasteiger partial charge in [0, 0.05) is 0 Å². The minimum atomic E-state index is -1.17. The zero-order valence-electron chi connectivity index (χ0n) is 11.2. The van der Waals surface area contributed by atoms with Crippen molar-refractivity contribution in [1.82, 2.24) is 10.2 Å². The van der Waals surface area contributed by atoms with Gasteiger partial charge in [0.1, 0.15) is 13.1 Å². The summed E-state index contributed by atoms with van der Waals surface area (Å²) < 4.78 is 0. The highest BCUT2D eigenvalue weighted by Crippen LogP contribution is 2.20. The zero-order chi connectivity index (χ0) is 15.6. The van der Waals surface area contributed by atoms with Gasteiger partial charge in [0.2, 0.25) is 11.8 Å². The molecule has 0 spiro atoms. The monoisotopic (exact) mass is 291 g/mol. The molecule has 0 radical (unpaired) electrons. The molecule has 3 N–H and O–H groups in total. The molecule has 0 atom stereocenters. The molecule has 8 heteroatoms. The number of hydrogen-bond donors (Lipinski definition) is 3. The van der Waals surface area contributed by atoms with Crippen molar-refractivity contribution in [3.63, 3.8) is 0 Å². The predicted molar refractivity (Wildman–Crippen MR) is 71.9 cm³/mol. The number of amides is 4. The van der Waals surface area contributed by atoms with Gasteiger partial charge in [0.05, 0.1) is 11.3 Å². The summed E-state index contributed by atoms with van der Waals surface area (Å²) in [6.07, 6.45) is 0. The van der Waals surface area contributed by atoms with Crippen LogP contribution in [0.4, 0.5) is 10.5 Å². The van der Waals surface area contributed by atoms with E-state index in [-0.39, 0.29) is 24.3 Å². The first-order valence-corrected chi connectivity index (χ1v) is 6.10. The Balaban J connectivity index is 2.20. The maximum atomic E-state index is 12.0. The van der Waals surface area contributed by atoms with Gasteiger partial charge in [-0.15, -0.1) is 0 Å². The third-order valence-corrected chi connectivity index (χ3v) is 2.96. The van der Waals surface area contributed by atoms with E-state index in [1.807, 2.05) is 0 Å². The molecule has 0 aliphatic carbocycles. The molecule has 21 heavy (non-hydrogen) atoms. The van der Waals surface area contributed by atoms with E-state index in [1.54, 1.807) is 19.1 Å². The normalized spacial score (nSPS) is 14.6. The molecule has 110 valence electrons. The largest absolute Gasteiger partial charge is 0.478 e. The van der Waals surface area contributed by atoms with Crippen LogP contribution in [-0.2, 0) is 9.59 Å². The van der Waals surface area contributed by atoms with E-state index in [4.69, 9.17) is 0 Å². The van der Waals surface area contributed by atoms with Crippen LogP contribution in [0, 0.1) is 6.92 Å². The third kappa shape index (κ3) is 3.16. The zero-order valence-corrected chi connectivity index (χ0v) is 11.2. The first kappa shape index (κ1) is 14.5. The summed E-state index contributed by atoms with van der Waals surface area (Å²) in [5, 5.41) is 13.7. The molecule has 1 aliphatic heterocycles. The van der Waals surface area contributed by atoms with E-state index >= 15 is 0 Å². The lowest BCUT2D eigenvalue weighted by atomic mass is 10.1. The number of benzene rings is 1. The van der Waals surface area contributed by atoms with Crippen LogP contribution in [0.2, 0.25) is 0 Å². The number of aromatic carboxylic acids is 1. The van der Waals surface area contributed by atoms with Crippen LogP contribution in [-0.4, -0.2) is 46.9 Å². The fraction of sp³-hybridized carbons (Fsp3) is 0.231. The summed E-state index contributed by atoms with van der Waals surface area (Å²) >= 11 is 0. The summed E-state index contributed by atoms with van der Waals surface area (Å²) in [6, 6.07) is 3.95. The second-order valence-corrected chi connectivity index (χ2v) is 4.56. The fourth-order valence-electron chi connectivity index (χ4n) is 2.03. The van der Waals surface area contributed by atoms with Gasteiger partial charge >= 0.3 is 12.0 Å². The second kappa shape index (κ2) is 5.61. The number of rotatable bonds is 2. The molecule has 8 nitrogen and oxygen atoms in total. The predicted octanol–water partition coefficient (Wildman–Crippen LogP) is 0.184. The molecule has 0 aromatic heterocycles. The first-order chi connectivity index (χ1) is 9.88. The molecular formula is C13H13N3O5. The molecule has 1 aromatic rings. The quantitative estimate of drug-likeness (QED) is 0.672. The van der Waals surface area contributed by atoms with Gasteiger partial charge < -0.3 is 15.3 Å². The lowest BCUT2D eigenvalue weighted by Gasteiger charge is -2.26.